The molecule has 0 unspecified atom stereocenters. The topological polar surface area (TPSA) is 26.3 Å². The fraction of sp³-hybridized carbons (Fsp3) is 0.462. The molecule has 0 aromatic heterocycles. The average Bonchev–Trinajstić information content (AvgIpc) is 2.30. The quantitative estimate of drug-likeness (QED) is 0.428. The van der Waals surface area contributed by atoms with Crippen LogP contribution in [0.15, 0.2) is 18.2 Å². The van der Waals surface area contributed by atoms with Crippen LogP contribution in [0, 0.1) is 3.57 Å². The summed E-state index contributed by atoms with van der Waals surface area (Å²) in [4.78, 5) is 10.8. The van der Waals surface area contributed by atoms with Crippen LogP contribution in [-0.2, 0) is 0 Å². The average molecular weight is 332 g/mol. The van der Waals surface area contributed by atoms with Gasteiger partial charge in [-0.05, 0) is 41.1 Å². The highest BCUT2D eigenvalue weighted by Gasteiger charge is 2.06. The molecule has 0 aliphatic carbocycles. The summed E-state index contributed by atoms with van der Waals surface area (Å²) in [6, 6.07) is 5.61. The van der Waals surface area contributed by atoms with Gasteiger partial charge in [-0.3, -0.25) is 4.79 Å². The fourth-order valence-electron chi connectivity index (χ4n) is 1.47. The number of carbonyl (C=O) groups excluding carboxylic acids is 1. The van der Waals surface area contributed by atoms with Crippen LogP contribution in [0.3, 0.4) is 0 Å². The van der Waals surface area contributed by atoms with Gasteiger partial charge in [0.25, 0.3) is 0 Å². The van der Waals surface area contributed by atoms with Crippen LogP contribution in [0.4, 0.5) is 0 Å². The van der Waals surface area contributed by atoms with Crippen LogP contribution >= 0.6 is 22.6 Å². The van der Waals surface area contributed by atoms with Gasteiger partial charge in [0, 0.05) is 0 Å². The van der Waals surface area contributed by atoms with E-state index in [-0.39, 0.29) is 0 Å². The zero-order valence-electron chi connectivity index (χ0n) is 9.54. The van der Waals surface area contributed by atoms with Gasteiger partial charge in [0.05, 0.1) is 15.7 Å². The molecule has 0 atom stereocenters. The maximum Gasteiger partial charge on any atom is 0.153 e. The molecule has 2 nitrogen and oxygen atoms in total. The lowest BCUT2D eigenvalue weighted by Gasteiger charge is -2.09. The minimum Gasteiger partial charge on any atom is -0.492 e. The van der Waals surface area contributed by atoms with Crippen molar-refractivity contribution in [2.24, 2.45) is 0 Å². The second-order valence-electron chi connectivity index (χ2n) is 3.69. The predicted molar refractivity (Wildman–Crippen MR) is 74.2 cm³/mol. The third kappa shape index (κ3) is 4.12. The first-order valence-electron chi connectivity index (χ1n) is 5.66. The Hall–Kier alpha value is -0.580. The van der Waals surface area contributed by atoms with E-state index in [1.807, 2.05) is 12.1 Å². The van der Waals surface area contributed by atoms with Crippen LogP contribution < -0.4 is 4.74 Å². The number of ether oxygens (including phenoxy) is 1. The molecule has 1 aromatic carbocycles. The van der Waals surface area contributed by atoms with Crippen LogP contribution in [0.2, 0.25) is 0 Å². The van der Waals surface area contributed by atoms with Gasteiger partial charge in [-0.2, -0.15) is 0 Å². The van der Waals surface area contributed by atoms with Crippen LogP contribution in [0.25, 0.3) is 0 Å². The molecule has 0 amide bonds. The maximum absolute atomic E-state index is 10.8. The van der Waals surface area contributed by atoms with Gasteiger partial charge in [0.2, 0.25) is 0 Å². The highest BCUT2D eigenvalue weighted by Crippen LogP contribution is 2.24. The molecule has 0 aliphatic rings. The number of hydrogen-bond donors (Lipinski definition) is 0. The molecule has 0 heterocycles. The Kier molecular flexibility index (Phi) is 6.45. The molecule has 0 N–H and O–H groups in total. The van der Waals surface area contributed by atoms with Gasteiger partial charge in [0.1, 0.15) is 5.75 Å². The Morgan fingerprint density at radius 2 is 2.12 bits per heavy atom. The predicted octanol–water partition coefficient (Wildman–Crippen LogP) is 4.06. The highest BCUT2D eigenvalue weighted by atomic mass is 127. The van der Waals surface area contributed by atoms with Crippen molar-refractivity contribution in [1.82, 2.24) is 0 Å². The van der Waals surface area contributed by atoms with Crippen molar-refractivity contribution in [2.45, 2.75) is 32.6 Å². The second-order valence-corrected chi connectivity index (χ2v) is 4.85. The molecule has 0 radical (unpaired) electrons. The summed E-state index contributed by atoms with van der Waals surface area (Å²) in [5.74, 6) is 0.731. The van der Waals surface area contributed by atoms with E-state index in [1.165, 1.54) is 19.3 Å². The van der Waals surface area contributed by atoms with E-state index in [0.717, 1.165) is 22.0 Å². The molecular formula is C13H17IO2. The maximum atomic E-state index is 10.8. The lowest BCUT2D eigenvalue weighted by Crippen LogP contribution is -2.01. The van der Waals surface area contributed by atoms with Crippen LogP contribution in [0.1, 0.15) is 43.0 Å². The Morgan fingerprint density at radius 3 is 2.81 bits per heavy atom. The van der Waals surface area contributed by atoms with Crippen LogP contribution in [0.5, 0.6) is 5.75 Å². The summed E-state index contributed by atoms with van der Waals surface area (Å²) in [6.07, 6.45) is 5.56. The van der Waals surface area contributed by atoms with Gasteiger partial charge < -0.3 is 4.74 Å². The number of para-hydroxylation sites is 1. The van der Waals surface area contributed by atoms with Gasteiger partial charge in [-0.1, -0.05) is 32.3 Å². The normalized spacial score (nSPS) is 10.1. The summed E-state index contributed by atoms with van der Waals surface area (Å²) in [5.41, 5.74) is 0.641. The Balaban J connectivity index is 2.49. The Bertz CT molecular complexity index is 337. The van der Waals surface area contributed by atoms with Crippen molar-refractivity contribution >= 4 is 28.9 Å². The molecule has 0 bridgehead atoms. The molecular weight excluding hydrogens is 315 g/mol. The number of benzene rings is 1. The first-order valence-corrected chi connectivity index (χ1v) is 6.74. The smallest absolute Gasteiger partial charge is 0.153 e. The number of unbranched alkanes of at least 4 members (excludes halogenated alkanes) is 3. The van der Waals surface area contributed by atoms with Crippen molar-refractivity contribution in [2.75, 3.05) is 6.61 Å². The first-order chi connectivity index (χ1) is 7.79. The Morgan fingerprint density at radius 1 is 1.31 bits per heavy atom. The number of aldehydes is 1. The number of carbonyl (C=O) groups is 1. The van der Waals surface area contributed by atoms with Gasteiger partial charge in [-0.15, -0.1) is 0 Å². The molecule has 88 valence electrons. The van der Waals surface area contributed by atoms with E-state index in [9.17, 15) is 4.79 Å². The number of hydrogen-bond acceptors (Lipinski definition) is 2. The third-order valence-electron chi connectivity index (χ3n) is 2.37. The molecule has 0 saturated heterocycles. The van der Waals surface area contributed by atoms with Crippen molar-refractivity contribution < 1.29 is 9.53 Å². The summed E-state index contributed by atoms with van der Waals surface area (Å²) in [6.45, 7) is 2.88. The van der Waals surface area contributed by atoms with E-state index < -0.39 is 0 Å². The number of halogens is 1. The van der Waals surface area contributed by atoms with E-state index in [1.54, 1.807) is 6.07 Å². The molecule has 16 heavy (non-hydrogen) atoms. The van der Waals surface area contributed by atoms with E-state index >= 15 is 0 Å². The van der Waals surface area contributed by atoms with Crippen molar-refractivity contribution in [3.8, 4) is 5.75 Å². The van der Waals surface area contributed by atoms with E-state index in [4.69, 9.17) is 4.74 Å². The standard InChI is InChI=1S/C13H17IO2/c1-2-3-4-5-9-16-13-11(10-15)7-6-8-12(13)14/h6-8,10H,2-5,9H2,1H3. The number of rotatable bonds is 7. The largest absolute Gasteiger partial charge is 0.492 e. The summed E-state index contributed by atoms with van der Waals surface area (Å²) in [5, 5.41) is 0. The molecule has 0 aliphatic heterocycles. The van der Waals surface area contributed by atoms with E-state index in [2.05, 4.69) is 29.5 Å². The zero-order chi connectivity index (χ0) is 11.8. The van der Waals surface area contributed by atoms with Crippen molar-refractivity contribution in [3.63, 3.8) is 0 Å². The van der Waals surface area contributed by atoms with Gasteiger partial charge >= 0.3 is 0 Å². The minimum absolute atomic E-state index is 0.641. The monoisotopic (exact) mass is 332 g/mol. The summed E-state index contributed by atoms with van der Waals surface area (Å²) in [7, 11) is 0. The van der Waals surface area contributed by atoms with Gasteiger partial charge in [-0.25, -0.2) is 0 Å². The lowest BCUT2D eigenvalue weighted by molar-refractivity contribution is 0.111. The van der Waals surface area contributed by atoms with Crippen LogP contribution in [-0.4, -0.2) is 12.9 Å². The Labute approximate surface area is 111 Å². The van der Waals surface area contributed by atoms with Gasteiger partial charge in [0.15, 0.2) is 6.29 Å². The highest BCUT2D eigenvalue weighted by molar-refractivity contribution is 14.1. The minimum atomic E-state index is 0.641. The lowest BCUT2D eigenvalue weighted by atomic mass is 10.2. The summed E-state index contributed by atoms with van der Waals surface area (Å²) < 4.78 is 6.66. The second kappa shape index (κ2) is 7.65. The van der Waals surface area contributed by atoms with Crippen molar-refractivity contribution in [3.05, 3.63) is 27.3 Å². The molecule has 3 heteroatoms. The zero-order valence-corrected chi connectivity index (χ0v) is 11.7. The molecule has 1 rings (SSSR count). The summed E-state index contributed by atoms with van der Waals surface area (Å²) >= 11 is 2.19. The molecule has 0 spiro atoms. The molecule has 1 aromatic rings. The van der Waals surface area contributed by atoms with E-state index in [0.29, 0.717) is 12.2 Å². The molecule has 0 fully saturated rings. The first kappa shape index (κ1) is 13.5. The van der Waals surface area contributed by atoms with Crippen molar-refractivity contribution in [1.29, 1.82) is 0 Å². The fourth-order valence-corrected chi connectivity index (χ4v) is 2.15. The molecule has 0 saturated carbocycles. The third-order valence-corrected chi connectivity index (χ3v) is 3.22. The SMILES string of the molecule is CCCCCCOc1c(I)cccc1C=O.